The molecule has 3 heteroatoms. The van der Waals surface area contributed by atoms with Gasteiger partial charge in [0.05, 0.1) is 5.41 Å². The fourth-order valence-corrected chi connectivity index (χ4v) is 11.9. The number of nitrogens with one attached hydrogen (secondary N) is 2. The van der Waals surface area contributed by atoms with Gasteiger partial charge in [-0.25, -0.2) is 4.99 Å². The van der Waals surface area contributed by atoms with Crippen molar-refractivity contribution in [2.75, 3.05) is 0 Å². The number of rotatable bonds is 6. The van der Waals surface area contributed by atoms with E-state index in [0.29, 0.717) is 11.8 Å². The summed E-state index contributed by atoms with van der Waals surface area (Å²) in [7, 11) is 0. The van der Waals surface area contributed by atoms with Gasteiger partial charge in [-0.15, -0.1) is 0 Å². The number of amidine groups is 1. The molecule has 0 radical (unpaired) electrons. The molecular formula is C62H47N3. The molecule has 5 unspecified atom stereocenters. The molecule has 5 atom stereocenters. The van der Waals surface area contributed by atoms with Gasteiger partial charge in [-0.3, -0.25) is 5.32 Å². The van der Waals surface area contributed by atoms with Crippen LogP contribution in [0.3, 0.4) is 0 Å². The molecule has 6 aliphatic rings. The number of benzene rings is 7. The van der Waals surface area contributed by atoms with E-state index in [2.05, 4.69) is 235 Å². The quantitative estimate of drug-likeness (QED) is 0.175. The van der Waals surface area contributed by atoms with Gasteiger partial charge >= 0.3 is 0 Å². The summed E-state index contributed by atoms with van der Waals surface area (Å²) in [5.41, 5.74) is 22.1. The van der Waals surface area contributed by atoms with Crippen molar-refractivity contribution < 1.29 is 0 Å². The van der Waals surface area contributed by atoms with Crippen molar-refractivity contribution in [2.24, 2.45) is 10.9 Å². The first-order valence-electron chi connectivity index (χ1n) is 23.1. The van der Waals surface area contributed by atoms with Crippen LogP contribution in [0.15, 0.2) is 246 Å². The van der Waals surface area contributed by atoms with Crippen LogP contribution in [0.2, 0.25) is 0 Å². The number of allylic oxidation sites excluding steroid dienone is 12. The molecule has 0 amide bonds. The maximum Gasteiger partial charge on any atom is 0.131 e. The molecule has 0 saturated carbocycles. The van der Waals surface area contributed by atoms with Crippen molar-refractivity contribution in [3.05, 3.63) is 286 Å². The summed E-state index contributed by atoms with van der Waals surface area (Å²) in [4.78, 5) is 5.26. The highest BCUT2D eigenvalue weighted by molar-refractivity contribution is 6.09. The van der Waals surface area contributed by atoms with Crippen LogP contribution in [0.1, 0.15) is 75.6 Å². The van der Waals surface area contributed by atoms with Gasteiger partial charge < -0.3 is 5.32 Å². The monoisotopic (exact) mass is 833 g/mol. The highest BCUT2D eigenvalue weighted by atomic mass is 15.3. The Labute approximate surface area is 381 Å². The van der Waals surface area contributed by atoms with Crippen LogP contribution in [0, 0.1) is 5.92 Å². The maximum absolute atomic E-state index is 5.26. The second kappa shape index (κ2) is 15.3. The number of hydrogen-bond acceptors (Lipinski definition) is 3. The lowest BCUT2D eigenvalue weighted by molar-refractivity contribution is 0.409. The Kier molecular flexibility index (Phi) is 8.92. The first-order valence-corrected chi connectivity index (χ1v) is 23.1. The molecule has 3 nitrogen and oxygen atoms in total. The van der Waals surface area contributed by atoms with Crippen molar-refractivity contribution in [3.8, 4) is 22.3 Å². The molecule has 0 aromatic heterocycles. The van der Waals surface area contributed by atoms with E-state index in [1.54, 1.807) is 0 Å². The minimum Gasteiger partial charge on any atom is -0.350 e. The van der Waals surface area contributed by atoms with Crippen LogP contribution in [0.5, 0.6) is 0 Å². The zero-order chi connectivity index (χ0) is 42.9. The second-order valence-corrected chi connectivity index (χ2v) is 18.1. The Balaban J connectivity index is 0.954. The molecule has 0 bridgehead atoms. The van der Waals surface area contributed by atoms with Crippen molar-refractivity contribution >= 4 is 17.0 Å². The van der Waals surface area contributed by atoms with Crippen molar-refractivity contribution in [1.29, 1.82) is 0 Å². The number of aliphatic imine (C=N–C) groups is 1. The molecule has 1 aliphatic heterocycles. The van der Waals surface area contributed by atoms with Gasteiger partial charge in [0.2, 0.25) is 0 Å². The van der Waals surface area contributed by atoms with E-state index < -0.39 is 5.41 Å². The second-order valence-electron chi connectivity index (χ2n) is 18.1. The normalized spacial score (nSPS) is 23.3. The largest absolute Gasteiger partial charge is 0.350 e. The number of nitrogens with zero attached hydrogens (tertiary/aromatic N) is 1. The van der Waals surface area contributed by atoms with Gasteiger partial charge in [0.1, 0.15) is 18.2 Å². The predicted molar refractivity (Wildman–Crippen MR) is 267 cm³/mol. The molecule has 0 saturated heterocycles. The molecule has 7 aromatic carbocycles. The molecular weight excluding hydrogens is 787 g/mol. The highest BCUT2D eigenvalue weighted by Crippen LogP contribution is 2.69. The first-order chi connectivity index (χ1) is 32.2. The Morgan fingerprint density at radius 3 is 2.05 bits per heavy atom. The Morgan fingerprint density at radius 1 is 0.554 bits per heavy atom. The Hall–Kier alpha value is -7.59. The summed E-state index contributed by atoms with van der Waals surface area (Å²) in [6, 6.07) is 67.0. The van der Waals surface area contributed by atoms with Gasteiger partial charge in [0, 0.05) is 17.4 Å². The van der Waals surface area contributed by atoms with Crippen LogP contribution < -0.4 is 10.6 Å². The Morgan fingerprint density at radius 2 is 1.23 bits per heavy atom. The van der Waals surface area contributed by atoms with Crippen molar-refractivity contribution in [3.63, 3.8) is 0 Å². The summed E-state index contributed by atoms with van der Waals surface area (Å²) in [6.45, 7) is 0. The fraction of sp³-hybridized carbons (Fsp3) is 0.113. The third-order valence-electron chi connectivity index (χ3n) is 14.7. The zero-order valence-electron chi connectivity index (χ0n) is 36.0. The average molecular weight is 834 g/mol. The van der Waals surface area contributed by atoms with Gasteiger partial charge in [0.15, 0.2) is 0 Å². The third-order valence-corrected chi connectivity index (χ3v) is 14.7. The average Bonchev–Trinajstić information content (AvgIpc) is 3.87. The van der Waals surface area contributed by atoms with E-state index in [-0.39, 0.29) is 12.3 Å². The fourth-order valence-electron chi connectivity index (χ4n) is 11.9. The van der Waals surface area contributed by atoms with Gasteiger partial charge in [0.25, 0.3) is 0 Å². The summed E-state index contributed by atoms with van der Waals surface area (Å²) < 4.78 is 0. The molecule has 5 aliphatic carbocycles. The van der Waals surface area contributed by atoms with Gasteiger partial charge in [-0.1, -0.05) is 206 Å². The van der Waals surface area contributed by atoms with E-state index in [0.717, 1.165) is 29.8 Å². The van der Waals surface area contributed by atoms with Crippen LogP contribution in [0.25, 0.3) is 33.4 Å². The van der Waals surface area contributed by atoms with E-state index in [1.807, 2.05) is 0 Å². The Bertz CT molecular complexity index is 3270. The molecule has 310 valence electrons. The molecule has 2 N–H and O–H groups in total. The topological polar surface area (TPSA) is 36.4 Å². The van der Waals surface area contributed by atoms with Crippen LogP contribution >= 0.6 is 0 Å². The summed E-state index contributed by atoms with van der Waals surface area (Å²) in [5, 5.41) is 7.48. The molecule has 0 fully saturated rings. The van der Waals surface area contributed by atoms with Gasteiger partial charge in [-0.05, 0) is 120 Å². The predicted octanol–water partition coefficient (Wildman–Crippen LogP) is 14.0. The molecule has 7 aromatic rings. The summed E-state index contributed by atoms with van der Waals surface area (Å²) >= 11 is 0. The zero-order valence-corrected chi connectivity index (χ0v) is 36.0. The van der Waals surface area contributed by atoms with Crippen LogP contribution in [-0.4, -0.2) is 5.84 Å². The first kappa shape index (κ1) is 37.9. The smallest absolute Gasteiger partial charge is 0.131 e. The van der Waals surface area contributed by atoms with Crippen molar-refractivity contribution in [2.45, 2.75) is 36.5 Å². The maximum atomic E-state index is 5.26. The van der Waals surface area contributed by atoms with E-state index in [9.17, 15) is 0 Å². The molecule has 65 heavy (non-hydrogen) atoms. The van der Waals surface area contributed by atoms with Gasteiger partial charge in [-0.2, -0.15) is 0 Å². The standard InChI is InChI=1S/C62H47N3/c1-4-18-40(19-5-1)53-38-47-24-10-11-29-49(47)58-57(53)52-35-34-46(39-56(52)62(58)54-32-14-12-30-50(54)51-31-13-15-33-55(51)62)44-26-16-25-43(36-44)45-27-17-28-48(37-45)61-64-59(41-20-6-2-7-21-41)63-60(65-61)42-22-8-3-9-23-42/h1-30,32-37,39,47,51,59,61,64H,31,38H2,(H,63,65). The summed E-state index contributed by atoms with van der Waals surface area (Å²) in [5.74, 6) is 1.54. The summed E-state index contributed by atoms with van der Waals surface area (Å²) in [6.07, 6.45) is 18.2. The van der Waals surface area contributed by atoms with Crippen molar-refractivity contribution in [1.82, 2.24) is 10.6 Å². The lowest BCUT2D eigenvalue weighted by Crippen LogP contribution is -2.44. The van der Waals surface area contributed by atoms with E-state index >= 15 is 0 Å². The SMILES string of the molecule is C1=CCC2C(=C1)C1(C3=C4C=CC=CC4CC(c4ccccc4)=C3c3ccc(-c4cccc(-c5cccc(C6N=C(c7ccccc7)NC(c7ccccc7)N6)c5)c4)cc31)c1ccccc12. The van der Waals surface area contributed by atoms with Crippen LogP contribution in [0.4, 0.5) is 0 Å². The molecule has 1 heterocycles. The third kappa shape index (κ3) is 6.03. The van der Waals surface area contributed by atoms with E-state index in [4.69, 9.17) is 4.99 Å². The van der Waals surface area contributed by atoms with Crippen LogP contribution in [-0.2, 0) is 5.41 Å². The number of hydrogen-bond donors (Lipinski definition) is 2. The minimum absolute atomic E-state index is 0.0945. The number of fused-ring (bicyclic) bond motifs is 11. The highest BCUT2D eigenvalue weighted by Gasteiger charge is 2.58. The van der Waals surface area contributed by atoms with E-state index in [1.165, 1.54) is 83.5 Å². The lowest BCUT2D eigenvalue weighted by atomic mass is 9.63. The lowest BCUT2D eigenvalue weighted by Gasteiger charge is -2.38. The molecule has 1 spiro atoms. The molecule has 13 rings (SSSR count). The minimum atomic E-state index is -0.402.